The summed E-state index contributed by atoms with van der Waals surface area (Å²) < 4.78 is 24.9. The van der Waals surface area contributed by atoms with E-state index in [2.05, 4.69) is 15.3 Å². The number of rotatable bonds is 7. The number of nitrogens with one attached hydrogen (secondary N) is 1. The number of hydrogen-bond donors (Lipinski definition) is 1. The van der Waals surface area contributed by atoms with Crippen LogP contribution in [0.1, 0.15) is 19.4 Å². The zero-order valence-electron chi connectivity index (χ0n) is 21.5. The van der Waals surface area contributed by atoms with E-state index in [1.165, 1.54) is 21.9 Å². The molecule has 0 atom stereocenters. The van der Waals surface area contributed by atoms with Crippen molar-refractivity contribution >= 4 is 50.5 Å². The second-order valence-electron chi connectivity index (χ2n) is 9.30. The third-order valence-electron chi connectivity index (χ3n) is 6.22. The quantitative estimate of drug-likeness (QED) is 0.504. The minimum absolute atomic E-state index is 0.0311. The van der Waals surface area contributed by atoms with Crippen LogP contribution >= 0.6 is 0 Å². The highest BCUT2D eigenvalue weighted by molar-refractivity contribution is 7.90. The molecule has 2 amide bonds. The van der Waals surface area contributed by atoms with Gasteiger partial charge in [-0.2, -0.15) is 4.98 Å². The second-order valence-corrected chi connectivity index (χ2v) is 11.3. The largest absolute Gasteiger partial charge is 0.343 e. The van der Waals surface area contributed by atoms with Crippen LogP contribution in [0.15, 0.2) is 59.6 Å². The van der Waals surface area contributed by atoms with E-state index in [1.807, 2.05) is 49.1 Å². The van der Waals surface area contributed by atoms with Crippen LogP contribution in [-0.2, 0) is 25.8 Å². The van der Waals surface area contributed by atoms with E-state index in [9.17, 15) is 18.0 Å². The molecule has 2 aromatic carbocycles. The fourth-order valence-electron chi connectivity index (χ4n) is 3.99. The molecule has 0 radical (unpaired) electrons. The van der Waals surface area contributed by atoms with Crippen molar-refractivity contribution in [1.82, 2.24) is 9.97 Å². The third kappa shape index (κ3) is 5.72. The lowest BCUT2D eigenvalue weighted by atomic mass is 10.1. The van der Waals surface area contributed by atoms with Gasteiger partial charge in [0.15, 0.2) is 15.7 Å². The van der Waals surface area contributed by atoms with Gasteiger partial charge in [-0.25, -0.2) is 13.4 Å². The zero-order valence-corrected chi connectivity index (χ0v) is 22.3. The van der Waals surface area contributed by atoms with Gasteiger partial charge in [0, 0.05) is 37.8 Å². The molecule has 1 aliphatic heterocycles. The molecule has 0 aliphatic carbocycles. The maximum absolute atomic E-state index is 13.0. The van der Waals surface area contributed by atoms with Crippen LogP contribution in [-0.4, -0.2) is 63.1 Å². The lowest BCUT2D eigenvalue weighted by molar-refractivity contribution is -0.118. The van der Waals surface area contributed by atoms with E-state index in [0.717, 1.165) is 11.8 Å². The van der Waals surface area contributed by atoms with Crippen molar-refractivity contribution < 1.29 is 18.0 Å². The maximum Gasteiger partial charge on any atom is 0.246 e. The first-order chi connectivity index (χ1) is 17.4. The summed E-state index contributed by atoms with van der Waals surface area (Å²) in [6.07, 6.45) is 2.85. The van der Waals surface area contributed by atoms with Crippen LogP contribution in [0.4, 0.5) is 28.8 Å². The van der Waals surface area contributed by atoms with Crippen molar-refractivity contribution in [2.75, 3.05) is 46.9 Å². The molecule has 1 aliphatic rings. The van der Waals surface area contributed by atoms with Gasteiger partial charge in [-0.3, -0.25) is 9.59 Å². The average molecular weight is 523 g/mol. The molecule has 0 fully saturated rings. The van der Waals surface area contributed by atoms with Crippen LogP contribution in [0.5, 0.6) is 0 Å². The van der Waals surface area contributed by atoms with Crippen LogP contribution in [0.3, 0.4) is 0 Å². The number of sulfone groups is 1. The molecule has 3 aromatic rings. The predicted molar refractivity (Wildman–Crippen MR) is 144 cm³/mol. The summed E-state index contributed by atoms with van der Waals surface area (Å²) in [7, 11) is -0.287. The highest BCUT2D eigenvalue weighted by Gasteiger charge is 2.30. The van der Waals surface area contributed by atoms with E-state index < -0.39 is 9.84 Å². The highest BCUT2D eigenvalue weighted by atomic mass is 32.2. The molecule has 0 spiro atoms. The van der Waals surface area contributed by atoms with Gasteiger partial charge in [0.1, 0.15) is 5.69 Å². The van der Waals surface area contributed by atoms with Crippen molar-refractivity contribution in [2.45, 2.75) is 31.2 Å². The molecule has 11 heteroatoms. The summed E-state index contributed by atoms with van der Waals surface area (Å²) in [5.74, 6) is 0.596. The minimum atomic E-state index is -3.58. The number of benzene rings is 2. The standard InChI is InChI=1S/C26H30N6O4S/c1-17(2)32-16-24(34)31(4)22-15-27-26(29-25(22)32)28-19-12-20(14-21(13-19)37(5,35)36)30(3)23(33)11-18-9-7-6-8-10-18/h6-10,12-15,17H,11,16H2,1-5H3,(H,27,28,29). The summed E-state index contributed by atoms with van der Waals surface area (Å²) in [5.41, 5.74) is 2.27. The maximum atomic E-state index is 13.0. The summed E-state index contributed by atoms with van der Waals surface area (Å²) in [6, 6.07) is 14.0. The molecule has 10 nitrogen and oxygen atoms in total. The summed E-state index contributed by atoms with van der Waals surface area (Å²) in [4.78, 5) is 39.2. The molecule has 1 N–H and O–H groups in total. The lowest BCUT2D eigenvalue weighted by Crippen LogP contribution is -2.47. The number of amides is 2. The topological polar surface area (TPSA) is 116 Å². The van der Waals surface area contributed by atoms with Gasteiger partial charge < -0.3 is 20.0 Å². The van der Waals surface area contributed by atoms with Crippen molar-refractivity contribution in [3.05, 3.63) is 60.3 Å². The Hall–Kier alpha value is -3.99. The van der Waals surface area contributed by atoms with E-state index in [0.29, 0.717) is 22.9 Å². The summed E-state index contributed by atoms with van der Waals surface area (Å²) in [6.45, 7) is 4.14. The van der Waals surface area contributed by atoms with Crippen molar-refractivity contribution in [2.24, 2.45) is 0 Å². The summed E-state index contributed by atoms with van der Waals surface area (Å²) >= 11 is 0. The van der Waals surface area contributed by atoms with E-state index >= 15 is 0 Å². The van der Waals surface area contributed by atoms with Gasteiger partial charge in [0.25, 0.3) is 0 Å². The highest BCUT2D eigenvalue weighted by Crippen LogP contribution is 2.33. The smallest absolute Gasteiger partial charge is 0.246 e. The number of likely N-dealkylation sites (N-methyl/N-ethyl adjacent to an activating group) is 2. The molecule has 4 rings (SSSR count). The van der Waals surface area contributed by atoms with Crippen molar-refractivity contribution in [1.29, 1.82) is 0 Å². The molecule has 2 heterocycles. The minimum Gasteiger partial charge on any atom is -0.343 e. The first kappa shape index (κ1) is 26.1. The number of carbonyl (C=O) groups excluding carboxylic acids is 2. The molecular formula is C26H30N6O4S. The Kier molecular flexibility index (Phi) is 7.17. The molecule has 37 heavy (non-hydrogen) atoms. The van der Waals surface area contributed by atoms with Gasteiger partial charge in [-0.05, 0) is 37.6 Å². The van der Waals surface area contributed by atoms with Crippen LogP contribution < -0.4 is 20.0 Å². The SMILES string of the molecule is CC(C)N1CC(=O)N(C)c2cnc(Nc3cc(N(C)C(=O)Cc4ccccc4)cc(S(C)(=O)=O)c3)nc21. The number of carbonyl (C=O) groups is 2. The van der Waals surface area contributed by atoms with Gasteiger partial charge >= 0.3 is 0 Å². The predicted octanol–water partition coefficient (Wildman–Crippen LogP) is 3.02. The Morgan fingerprint density at radius 1 is 1.16 bits per heavy atom. The Balaban J connectivity index is 1.68. The normalized spacial score (nSPS) is 13.5. The third-order valence-corrected chi connectivity index (χ3v) is 7.31. The average Bonchev–Trinajstić information content (AvgIpc) is 2.85. The first-order valence-electron chi connectivity index (χ1n) is 11.8. The Labute approximate surface area is 216 Å². The molecule has 1 aromatic heterocycles. The number of anilines is 5. The van der Waals surface area contributed by atoms with E-state index in [-0.39, 0.29) is 41.7 Å². The van der Waals surface area contributed by atoms with Gasteiger partial charge in [0.05, 0.1) is 24.1 Å². The van der Waals surface area contributed by atoms with Gasteiger partial charge in [0.2, 0.25) is 17.8 Å². The lowest BCUT2D eigenvalue weighted by Gasteiger charge is -2.36. The molecule has 194 valence electrons. The fraction of sp³-hybridized carbons (Fsp3) is 0.308. The fourth-order valence-corrected chi connectivity index (χ4v) is 4.66. The Morgan fingerprint density at radius 2 is 1.86 bits per heavy atom. The summed E-state index contributed by atoms with van der Waals surface area (Å²) in [5, 5.41) is 3.08. The first-order valence-corrected chi connectivity index (χ1v) is 13.7. The van der Waals surface area contributed by atoms with Crippen LogP contribution in [0.2, 0.25) is 0 Å². The molecule has 0 unspecified atom stereocenters. The van der Waals surface area contributed by atoms with Gasteiger partial charge in [-0.1, -0.05) is 30.3 Å². The van der Waals surface area contributed by atoms with Gasteiger partial charge in [-0.15, -0.1) is 0 Å². The Bertz CT molecular complexity index is 1440. The second kappa shape index (κ2) is 10.2. The number of aromatic nitrogens is 2. The van der Waals surface area contributed by atoms with E-state index in [1.54, 1.807) is 26.4 Å². The van der Waals surface area contributed by atoms with Crippen molar-refractivity contribution in [3.63, 3.8) is 0 Å². The van der Waals surface area contributed by atoms with Crippen LogP contribution in [0, 0.1) is 0 Å². The monoisotopic (exact) mass is 522 g/mol. The Morgan fingerprint density at radius 3 is 2.51 bits per heavy atom. The van der Waals surface area contributed by atoms with Crippen LogP contribution in [0.25, 0.3) is 0 Å². The number of nitrogens with zero attached hydrogens (tertiary/aromatic N) is 5. The molecule has 0 bridgehead atoms. The number of fused-ring (bicyclic) bond motifs is 1. The molecule has 0 saturated carbocycles. The molecular weight excluding hydrogens is 492 g/mol. The zero-order chi connectivity index (χ0) is 26.9. The molecule has 0 saturated heterocycles. The number of hydrogen-bond acceptors (Lipinski definition) is 8. The van der Waals surface area contributed by atoms with Crippen molar-refractivity contribution in [3.8, 4) is 0 Å². The van der Waals surface area contributed by atoms with E-state index in [4.69, 9.17) is 0 Å².